The summed E-state index contributed by atoms with van der Waals surface area (Å²) in [7, 11) is -0.385. The van der Waals surface area contributed by atoms with E-state index in [9.17, 15) is 4.79 Å². The first-order chi connectivity index (χ1) is 40.1. The quantitative estimate of drug-likeness (QED) is 0.0115. The smallest absolute Gasteiger partial charge is 0.348 e. The maximum absolute atomic E-state index is 14.6. The molecule has 0 N–H and O–H groups in total. The number of halogens is 3. The molecule has 2 aromatic heterocycles. The van der Waals surface area contributed by atoms with Gasteiger partial charge in [-0.3, -0.25) is 0 Å². The Balaban J connectivity index is 1.29. The third-order valence-corrected chi connectivity index (χ3v) is 23.5. The Morgan fingerprint density at radius 1 is 0.753 bits per heavy atom. The summed E-state index contributed by atoms with van der Waals surface area (Å²) in [6.45, 7) is 31.9. The van der Waals surface area contributed by atoms with Crippen molar-refractivity contribution in [3.63, 3.8) is 0 Å². The van der Waals surface area contributed by atoms with E-state index in [1.807, 2.05) is 132 Å². The standard InChI is InChI=1S/C66H81BrCl2N2O11SSi2/c1-17-33-75-38-51(39-78-66(45-21-19-18-20-22-45,46-23-27-48(73-10)28-24-46)47-25-29-49(74-11)30-26-47)79-59-57(68)42(2)54(43(3)58(59)69)55-56-61(70-40-71-62(56)83-60(55)67)80-53(63(72)81-64(4,5)6)37-44-36-50(82-85(15,16)65(7,8)9)31-32-52(44)77-41-76-34-35-84(12,13)14/h17-32,36,40,51,53H,1,33-35,37-39,41H2,2-16H3/t51-,53-/m1/s1. The molecule has 0 unspecified atom stereocenters. The van der Waals surface area contributed by atoms with E-state index in [-0.39, 0.29) is 59.7 Å². The van der Waals surface area contributed by atoms with E-state index in [1.165, 1.54) is 17.7 Å². The topological polar surface area (TPSA) is 135 Å². The highest BCUT2D eigenvalue weighted by Crippen LogP contribution is 2.52. The van der Waals surface area contributed by atoms with Crippen molar-refractivity contribution < 1.29 is 51.9 Å². The molecule has 7 aromatic rings. The zero-order valence-electron chi connectivity index (χ0n) is 51.6. The Morgan fingerprint density at radius 3 is 1.89 bits per heavy atom. The highest BCUT2D eigenvalue weighted by molar-refractivity contribution is 9.11. The molecular weight excluding hydrogens is 1240 g/mol. The van der Waals surface area contributed by atoms with Crippen LogP contribution in [0.4, 0.5) is 0 Å². The van der Waals surface area contributed by atoms with E-state index in [0.717, 1.165) is 22.7 Å². The predicted molar refractivity (Wildman–Crippen MR) is 352 cm³/mol. The summed E-state index contributed by atoms with van der Waals surface area (Å²) in [4.78, 5) is 24.6. The minimum absolute atomic E-state index is 0.00221. The maximum atomic E-state index is 14.6. The summed E-state index contributed by atoms with van der Waals surface area (Å²) >= 11 is 20.3. The number of rotatable bonds is 28. The number of hydrogen-bond acceptors (Lipinski definition) is 14. The van der Waals surface area contributed by atoms with Crippen LogP contribution in [-0.4, -0.2) is 97.6 Å². The number of nitrogens with zero attached hydrogens (tertiary/aromatic N) is 2. The number of methoxy groups -OCH3 is 2. The number of hydrogen-bond donors (Lipinski definition) is 0. The Kier molecular flexibility index (Phi) is 22.5. The van der Waals surface area contributed by atoms with Gasteiger partial charge in [-0.05, 0) is 151 Å². The molecule has 0 aliphatic rings. The number of benzene rings is 5. The van der Waals surface area contributed by atoms with Crippen molar-refractivity contribution in [2.75, 3.05) is 47.4 Å². The second kappa shape index (κ2) is 28.6. The van der Waals surface area contributed by atoms with E-state index in [0.29, 0.717) is 71.4 Å². The number of esters is 1. The molecule has 19 heteroatoms. The van der Waals surface area contributed by atoms with Crippen LogP contribution in [0.3, 0.4) is 0 Å². The van der Waals surface area contributed by atoms with E-state index >= 15 is 0 Å². The maximum Gasteiger partial charge on any atom is 0.348 e. The van der Waals surface area contributed by atoms with Gasteiger partial charge in [0.05, 0.1) is 53.3 Å². The fourth-order valence-electron chi connectivity index (χ4n) is 9.25. The molecule has 0 amide bonds. The van der Waals surface area contributed by atoms with Crippen molar-refractivity contribution in [3.8, 4) is 45.8 Å². The third-order valence-electron chi connectivity index (χ3n) is 14.8. The first kappa shape index (κ1) is 67.0. The van der Waals surface area contributed by atoms with Crippen molar-refractivity contribution >= 4 is 83.0 Å². The van der Waals surface area contributed by atoms with Gasteiger partial charge in [-0.1, -0.05) is 124 Å². The first-order valence-electron chi connectivity index (χ1n) is 28.3. The third kappa shape index (κ3) is 16.6. The van der Waals surface area contributed by atoms with Gasteiger partial charge in [-0.15, -0.1) is 17.9 Å². The van der Waals surface area contributed by atoms with Gasteiger partial charge in [0.15, 0.2) is 12.5 Å². The van der Waals surface area contributed by atoms with E-state index < -0.39 is 45.8 Å². The molecule has 0 aliphatic heterocycles. The number of fused-ring (bicyclic) bond motifs is 1. The molecule has 0 fully saturated rings. The van der Waals surface area contributed by atoms with Crippen LogP contribution < -0.4 is 28.1 Å². The summed E-state index contributed by atoms with van der Waals surface area (Å²) in [5.41, 5.74) is 3.82. The van der Waals surface area contributed by atoms with Crippen LogP contribution in [0.25, 0.3) is 21.3 Å². The SMILES string of the molecule is C=CCOC[C@H](COC(c1ccccc1)(c1ccc(OC)cc1)c1ccc(OC)cc1)Oc1c(Cl)c(C)c(-c2c(Br)sc3ncnc(O[C@H](Cc4cc(O[Si](C)(C)C(C)(C)C)ccc4OCOCC[Si](C)(C)C)C(=O)OC(C)(C)C)c23)c(C)c1Cl. The van der Waals surface area contributed by atoms with E-state index in [1.54, 1.807) is 20.3 Å². The van der Waals surface area contributed by atoms with Crippen molar-refractivity contribution in [1.82, 2.24) is 9.97 Å². The summed E-state index contributed by atoms with van der Waals surface area (Å²) < 4.78 is 64.4. The molecule has 0 radical (unpaired) electrons. The first-order valence-corrected chi connectivity index (χ1v) is 37.3. The van der Waals surface area contributed by atoms with Crippen LogP contribution in [0.5, 0.6) is 34.6 Å². The summed E-state index contributed by atoms with van der Waals surface area (Å²) in [5.74, 6) is 2.34. The van der Waals surface area contributed by atoms with Gasteiger partial charge in [-0.2, -0.15) is 0 Å². The highest BCUT2D eigenvalue weighted by Gasteiger charge is 2.41. The van der Waals surface area contributed by atoms with Gasteiger partial charge in [0.25, 0.3) is 0 Å². The van der Waals surface area contributed by atoms with Gasteiger partial charge in [0.2, 0.25) is 20.3 Å². The van der Waals surface area contributed by atoms with Gasteiger partial charge < -0.3 is 47.1 Å². The monoisotopic (exact) mass is 1310 g/mol. The van der Waals surface area contributed by atoms with Gasteiger partial charge in [-0.25, -0.2) is 14.8 Å². The number of aromatic nitrogens is 2. The number of thiophene rings is 1. The summed E-state index contributed by atoms with van der Waals surface area (Å²) in [6.07, 6.45) is 1.12. The Labute approximate surface area is 526 Å². The summed E-state index contributed by atoms with van der Waals surface area (Å²) in [5, 5.41) is 0.964. The fourth-order valence-corrected chi connectivity index (χ4v) is 13.3. The van der Waals surface area contributed by atoms with Crippen molar-refractivity contribution in [1.29, 1.82) is 0 Å². The lowest BCUT2D eigenvalue weighted by Crippen LogP contribution is -2.43. The largest absolute Gasteiger partial charge is 0.543 e. The van der Waals surface area contributed by atoms with Crippen molar-refractivity contribution in [3.05, 3.63) is 163 Å². The van der Waals surface area contributed by atoms with Gasteiger partial charge in [0.1, 0.15) is 51.5 Å². The lowest BCUT2D eigenvalue weighted by atomic mass is 9.80. The molecule has 0 saturated heterocycles. The molecular formula is C66H81BrCl2N2O11SSi2. The molecule has 0 aliphatic carbocycles. The molecule has 13 nitrogen and oxygen atoms in total. The molecule has 5 aromatic carbocycles. The molecule has 0 bridgehead atoms. The number of ether oxygens (including phenoxy) is 9. The zero-order valence-corrected chi connectivity index (χ0v) is 57.5. The number of carbonyl (C=O) groups excluding carboxylic acids is 1. The lowest BCUT2D eigenvalue weighted by Gasteiger charge is -2.37. The van der Waals surface area contributed by atoms with Gasteiger partial charge >= 0.3 is 5.97 Å². The fraction of sp³-hybridized carbons (Fsp3) is 0.409. The average Bonchev–Trinajstić information content (AvgIpc) is 2.79. The molecule has 0 spiro atoms. The predicted octanol–water partition coefficient (Wildman–Crippen LogP) is 17.4. The van der Waals surface area contributed by atoms with Crippen LogP contribution in [0.2, 0.25) is 53.9 Å². The Hall–Kier alpha value is -5.48. The molecule has 85 heavy (non-hydrogen) atoms. The van der Waals surface area contributed by atoms with Crippen molar-refractivity contribution in [2.45, 2.75) is 129 Å². The van der Waals surface area contributed by atoms with Crippen LogP contribution >= 0.6 is 50.5 Å². The molecule has 456 valence electrons. The van der Waals surface area contributed by atoms with Crippen LogP contribution in [0.15, 0.2) is 120 Å². The lowest BCUT2D eigenvalue weighted by molar-refractivity contribution is -0.163. The summed E-state index contributed by atoms with van der Waals surface area (Å²) in [6, 6.07) is 32.3. The highest BCUT2D eigenvalue weighted by atomic mass is 79.9. The molecule has 2 heterocycles. The molecule has 2 atom stereocenters. The zero-order chi connectivity index (χ0) is 62.1. The van der Waals surface area contributed by atoms with Crippen LogP contribution in [0, 0.1) is 13.8 Å². The molecule has 0 saturated carbocycles. The van der Waals surface area contributed by atoms with E-state index in [2.05, 4.69) is 76.0 Å². The minimum Gasteiger partial charge on any atom is -0.543 e. The average molecular weight is 1320 g/mol. The van der Waals surface area contributed by atoms with Gasteiger partial charge in [0, 0.05) is 32.2 Å². The van der Waals surface area contributed by atoms with Crippen LogP contribution in [-0.2, 0) is 35.8 Å². The Morgan fingerprint density at radius 2 is 1.34 bits per heavy atom. The Bertz CT molecular complexity index is 3330. The number of carbonyl (C=O) groups is 1. The van der Waals surface area contributed by atoms with Crippen LogP contribution in [0.1, 0.15) is 74.9 Å². The van der Waals surface area contributed by atoms with E-state index in [4.69, 9.17) is 80.2 Å². The molecule has 7 rings (SSSR count). The van der Waals surface area contributed by atoms with Crippen molar-refractivity contribution in [2.24, 2.45) is 0 Å². The normalized spacial score (nSPS) is 13.1. The second-order valence-electron chi connectivity index (χ2n) is 24.5. The second-order valence-corrected chi connectivity index (χ2v) is 37.9. The minimum atomic E-state index is -2.30.